The van der Waals surface area contributed by atoms with E-state index < -0.39 is 11.7 Å². The summed E-state index contributed by atoms with van der Waals surface area (Å²) < 4.78 is 5.41. The number of amides is 2. The number of carbonyl (C=O) groups excluding carboxylic acids is 2. The van der Waals surface area contributed by atoms with Crippen LogP contribution < -0.4 is 0 Å². The monoisotopic (exact) mass is 316 g/mol. The predicted octanol–water partition coefficient (Wildman–Crippen LogP) is 3.17. The molecule has 0 aromatic heterocycles. The SMILES string of the molecule is CC(C)(C)OC(=O)N1CCCN1C(=O)C1CC1c1ccccc1. The molecule has 0 bridgehead atoms. The molecule has 23 heavy (non-hydrogen) atoms. The lowest BCUT2D eigenvalue weighted by Gasteiger charge is -2.30. The van der Waals surface area contributed by atoms with Crippen molar-refractivity contribution >= 4 is 12.0 Å². The molecular weight excluding hydrogens is 292 g/mol. The van der Waals surface area contributed by atoms with Gasteiger partial charge in [-0.3, -0.25) is 4.79 Å². The highest BCUT2D eigenvalue weighted by molar-refractivity contribution is 5.85. The van der Waals surface area contributed by atoms with Crippen LogP contribution in [0.2, 0.25) is 0 Å². The first-order valence-corrected chi connectivity index (χ1v) is 8.23. The third kappa shape index (κ3) is 3.49. The molecule has 2 fully saturated rings. The first-order chi connectivity index (χ1) is 10.9. The highest BCUT2D eigenvalue weighted by Crippen LogP contribution is 2.48. The molecule has 0 radical (unpaired) electrons. The van der Waals surface area contributed by atoms with E-state index in [0.717, 1.165) is 12.8 Å². The Kier molecular flexibility index (Phi) is 4.04. The van der Waals surface area contributed by atoms with Crippen molar-refractivity contribution in [1.82, 2.24) is 10.0 Å². The van der Waals surface area contributed by atoms with Crippen LogP contribution >= 0.6 is 0 Å². The summed E-state index contributed by atoms with van der Waals surface area (Å²) in [5.41, 5.74) is 0.648. The van der Waals surface area contributed by atoms with Crippen molar-refractivity contribution in [3.8, 4) is 0 Å². The lowest BCUT2D eigenvalue weighted by Crippen LogP contribution is -2.47. The highest BCUT2D eigenvalue weighted by atomic mass is 16.6. The molecule has 5 heteroatoms. The number of ether oxygens (including phenoxy) is 1. The maximum Gasteiger partial charge on any atom is 0.429 e. The van der Waals surface area contributed by atoms with Crippen LogP contribution in [-0.2, 0) is 9.53 Å². The fourth-order valence-corrected chi connectivity index (χ4v) is 3.07. The summed E-state index contributed by atoms with van der Waals surface area (Å²) in [5.74, 6) is 0.312. The van der Waals surface area contributed by atoms with E-state index in [-0.39, 0.29) is 17.7 Å². The molecule has 1 saturated heterocycles. The fraction of sp³-hybridized carbons (Fsp3) is 0.556. The molecule has 1 aliphatic carbocycles. The molecule has 1 aromatic rings. The standard InChI is InChI=1S/C18H24N2O3/c1-18(2,3)23-17(22)20-11-7-10-19(20)16(21)15-12-14(15)13-8-5-4-6-9-13/h4-6,8-9,14-15H,7,10-12H2,1-3H3. The van der Waals surface area contributed by atoms with E-state index in [1.807, 2.05) is 39.0 Å². The van der Waals surface area contributed by atoms with Crippen molar-refractivity contribution in [2.75, 3.05) is 13.1 Å². The van der Waals surface area contributed by atoms with Gasteiger partial charge in [0, 0.05) is 19.0 Å². The minimum atomic E-state index is -0.555. The van der Waals surface area contributed by atoms with E-state index in [4.69, 9.17) is 4.74 Å². The van der Waals surface area contributed by atoms with Gasteiger partial charge in [0.2, 0.25) is 5.91 Å². The number of benzene rings is 1. The van der Waals surface area contributed by atoms with Gasteiger partial charge in [0.05, 0.1) is 0 Å². The zero-order valence-electron chi connectivity index (χ0n) is 14.0. The second-order valence-electron chi connectivity index (χ2n) is 7.28. The van der Waals surface area contributed by atoms with Crippen LogP contribution in [0.4, 0.5) is 4.79 Å². The van der Waals surface area contributed by atoms with Crippen LogP contribution in [0.1, 0.15) is 45.1 Å². The van der Waals surface area contributed by atoms with Gasteiger partial charge in [-0.2, -0.15) is 0 Å². The molecule has 1 saturated carbocycles. The Morgan fingerprint density at radius 3 is 2.39 bits per heavy atom. The van der Waals surface area contributed by atoms with E-state index in [2.05, 4.69) is 12.1 Å². The van der Waals surface area contributed by atoms with Crippen molar-refractivity contribution in [1.29, 1.82) is 0 Å². The Hall–Kier alpha value is -2.04. The van der Waals surface area contributed by atoms with E-state index in [0.29, 0.717) is 13.1 Å². The molecule has 0 spiro atoms. The van der Waals surface area contributed by atoms with Gasteiger partial charge in [-0.25, -0.2) is 14.8 Å². The molecule has 3 rings (SSSR count). The third-order valence-electron chi connectivity index (χ3n) is 4.23. The molecule has 2 aliphatic rings. The number of hydrazine groups is 1. The molecule has 5 nitrogen and oxygen atoms in total. The average Bonchev–Trinajstić information content (AvgIpc) is 3.13. The lowest BCUT2D eigenvalue weighted by molar-refractivity contribution is -0.144. The van der Waals surface area contributed by atoms with E-state index >= 15 is 0 Å². The largest absolute Gasteiger partial charge is 0.442 e. The Bertz CT molecular complexity index is 594. The minimum Gasteiger partial charge on any atom is -0.442 e. The maximum atomic E-state index is 12.7. The van der Waals surface area contributed by atoms with Crippen molar-refractivity contribution in [2.24, 2.45) is 5.92 Å². The van der Waals surface area contributed by atoms with Crippen molar-refractivity contribution < 1.29 is 14.3 Å². The Balaban J connectivity index is 1.64. The molecule has 2 unspecified atom stereocenters. The summed E-state index contributed by atoms with van der Waals surface area (Å²) in [5, 5.41) is 3.05. The number of nitrogens with zero attached hydrogens (tertiary/aromatic N) is 2. The average molecular weight is 316 g/mol. The number of hydrogen-bond acceptors (Lipinski definition) is 3. The second kappa shape index (κ2) is 5.87. The zero-order valence-corrected chi connectivity index (χ0v) is 14.0. The van der Waals surface area contributed by atoms with Gasteiger partial charge >= 0.3 is 6.09 Å². The molecule has 124 valence electrons. The fourth-order valence-electron chi connectivity index (χ4n) is 3.07. The molecular formula is C18H24N2O3. The van der Waals surface area contributed by atoms with Gasteiger partial charge in [0.25, 0.3) is 0 Å². The van der Waals surface area contributed by atoms with E-state index in [9.17, 15) is 9.59 Å². The van der Waals surface area contributed by atoms with Crippen molar-refractivity contribution in [2.45, 2.75) is 45.1 Å². The van der Waals surface area contributed by atoms with Crippen LogP contribution in [0, 0.1) is 5.92 Å². The Morgan fingerprint density at radius 1 is 1.09 bits per heavy atom. The van der Waals surface area contributed by atoms with Gasteiger partial charge in [-0.15, -0.1) is 0 Å². The first-order valence-electron chi connectivity index (χ1n) is 8.23. The van der Waals surface area contributed by atoms with Gasteiger partial charge in [-0.1, -0.05) is 30.3 Å². The Labute approximate surface area is 137 Å². The van der Waals surface area contributed by atoms with E-state index in [1.54, 1.807) is 5.01 Å². The summed E-state index contributed by atoms with van der Waals surface area (Å²) >= 11 is 0. The van der Waals surface area contributed by atoms with Crippen molar-refractivity contribution in [3.05, 3.63) is 35.9 Å². The van der Waals surface area contributed by atoms with Gasteiger partial charge in [0.15, 0.2) is 0 Å². The van der Waals surface area contributed by atoms with Crippen LogP contribution in [0.3, 0.4) is 0 Å². The van der Waals surface area contributed by atoms with Crippen LogP contribution in [0.25, 0.3) is 0 Å². The lowest BCUT2D eigenvalue weighted by atomic mass is 10.1. The molecule has 0 N–H and O–H groups in total. The minimum absolute atomic E-state index is 0.0135. The summed E-state index contributed by atoms with van der Waals surface area (Å²) in [6.07, 6.45) is 1.23. The van der Waals surface area contributed by atoms with Gasteiger partial charge < -0.3 is 4.74 Å². The highest BCUT2D eigenvalue weighted by Gasteiger charge is 2.48. The molecule has 1 aromatic carbocycles. The number of carbonyl (C=O) groups is 2. The summed E-state index contributed by atoms with van der Waals surface area (Å²) in [6.45, 7) is 6.64. The van der Waals surface area contributed by atoms with Gasteiger partial charge in [0.1, 0.15) is 5.60 Å². The normalized spacial score (nSPS) is 23.8. The molecule has 1 heterocycles. The van der Waals surface area contributed by atoms with Crippen LogP contribution in [0.5, 0.6) is 0 Å². The predicted molar refractivity (Wildman–Crippen MR) is 86.6 cm³/mol. The molecule has 2 atom stereocenters. The third-order valence-corrected chi connectivity index (χ3v) is 4.23. The maximum absolute atomic E-state index is 12.7. The van der Waals surface area contributed by atoms with Crippen LogP contribution in [-0.4, -0.2) is 40.7 Å². The molecule has 1 aliphatic heterocycles. The quantitative estimate of drug-likeness (QED) is 0.842. The topological polar surface area (TPSA) is 49.9 Å². The van der Waals surface area contributed by atoms with Gasteiger partial charge in [-0.05, 0) is 45.1 Å². The zero-order chi connectivity index (χ0) is 16.6. The Morgan fingerprint density at radius 2 is 1.74 bits per heavy atom. The van der Waals surface area contributed by atoms with Crippen LogP contribution in [0.15, 0.2) is 30.3 Å². The summed E-state index contributed by atoms with van der Waals surface area (Å²) in [6, 6.07) is 10.1. The molecule has 2 amide bonds. The summed E-state index contributed by atoms with van der Waals surface area (Å²) in [7, 11) is 0. The summed E-state index contributed by atoms with van der Waals surface area (Å²) in [4.78, 5) is 25.0. The number of hydrogen-bond donors (Lipinski definition) is 0. The second-order valence-corrected chi connectivity index (χ2v) is 7.28. The first kappa shape index (κ1) is 15.8. The van der Waals surface area contributed by atoms with Crippen molar-refractivity contribution in [3.63, 3.8) is 0 Å². The number of rotatable bonds is 2. The smallest absolute Gasteiger partial charge is 0.429 e. The van der Waals surface area contributed by atoms with E-state index in [1.165, 1.54) is 10.6 Å².